The number of urea groups is 1. The second-order valence-corrected chi connectivity index (χ2v) is 7.43. The molecule has 0 aromatic heterocycles. The Hall–Kier alpha value is -2.54. The van der Waals surface area contributed by atoms with Gasteiger partial charge in [-0.15, -0.1) is 0 Å². The number of fused-ring (bicyclic) bond motifs is 1. The number of halogens is 1. The van der Waals surface area contributed by atoms with E-state index in [1.54, 1.807) is 0 Å². The van der Waals surface area contributed by atoms with E-state index in [4.69, 9.17) is 11.6 Å². The van der Waals surface area contributed by atoms with Crippen LogP contribution in [0.3, 0.4) is 0 Å². The van der Waals surface area contributed by atoms with Crippen LogP contribution in [0, 0.1) is 6.92 Å². The molecular formula is C19H23ClN6O. The van der Waals surface area contributed by atoms with E-state index >= 15 is 0 Å². The van der Waals surface area contributed by atoms with Crippen molar-refractivity contribution >= 4 is 35.5 Å². The number of piperazine rings is 1. The average Bonchev–Trinajstić information content (AvgIpc) is 3.06. The first-order valence-corrected chi connectivity index (χ1v) is 9.55. The number of benzene rings is 1. The van der Waals surface area contributed by atoms with E-state index in [0.717, 1.165) is 42.5 Å². The van der Waals surface area contributed by atoms with Crippen LogP contribution in [-0.4, -0.2) is 71.7 Å². The summed E-state index contributed by atoms with van der Waals surface area (Å²) in [5.41, 5.74) is 1.63. The van der Waals surface area contributed by atoms with E-state index in [0.29, 0.717) is 24.2 Å². The van der Waals surface area contributed by atoms with Gasteiger partial charge >= 0.3 is 6.03 Å². The lowest BCUT2D eigenvalue weighted by molar-refractivity contribution is 0.166. The molecule has 3 aliphatic rings. The molecule has 1 aromatic rings. The molecule has 1 N–H and O–H groups in total. The molecule has 0 spiro atoms. The highest BCUT2D eigenvalue weighted by Gasteiger charge is 2.28. The third kappa shape index (κ3) is 3.51. The van der Waals surface area contributed by atoms with Gasteiger partial charge in [-0.05, 0) is 31.5 Å². The second kappa shape index (κ2) is 7.23. The van der Waals surface area contributed by atoms with Crippen LogP contribution >= 0.6 is 11.6 Å². The monoisotopic (exact) mass is 386 g/mol. The molecule has 27 heavy (non-hydrogen) atoms. The normalized spacial score (nSPS) is 21.7. The number of nitrogens with zero attached hydrogens (tertiary/aromatic N) is 5. The molecule has 2 amide bonds. The van der Waals surface area contributed by atoms with Crippen molar-refractivity contribution in [3.8, 4) is 0 Å². The fourth-order valence-electron chi connectivity index (χ4n) is 3.44. The molecule has 1 aromatic carbocycles. The fraction of sp³-hybridized carbons (Fsp3) is 0.421. The number of hydrogen-bond donors (Lipinski definition) is 1. The maximum absolute atomic E-state index is 12.6. The summed E-state index contributed by atoms with van der Waals surface area (Å²) in [4.78, 5) is 27.8. The third-order valence-electron chi connectivity index (χ3n) is 5.23. The molecule has 0 unspecified atom stereocenters. The van der Waals surface area contributed by atoms with Crippen molar-refractivity contribution in [1.82, 2.24) is 14.7 Å². The molecule has 1 atom stereocenters. The summed E-state index contributed by atoms with van der Waals surface area (Å²) in [5.74, 6) is 1.90. The maximum Gasteiger partial charge on any atom is 0.321 e. The number of rotatable bonds is 2. The average molecular weight is 387 g/mol. The lowest BCUT2D eigenvalue weighted by atomic mass is 10.2. The fourth-order valence-corrected chi connectivity index (χ4v) is 3.61. The van der Waals surface area contributed by atoms with E-state index in [9.17, 15) is 4.79 Å². The van der Waals surface area contributed by atoms with Crippen molar-refractivity contribution in [3.63, 3.8) is 0 Å². The largest absolute Gasteiger partial charge is 0.353 e. The molecule has 1 saturated heterocycles. The number of hydrogen-bond acceptors (Lipinski definition) is 5. The van der Waals surface area contributed by atoms with Crippen molar-refractivity contribution in [2.75, 3.05) is 38.0 Å². The Labute approximate surface area is 164 Å². The van der Waals surface area contributed by atoms with Gasteiger partial charge in [0.15, 0.2) is 0 Å². The van der Waals surface area contributed by atoms with Gasteiger partial charge in [0.2, 0.25) is 0 Å². The molecule has 4 rings (SSSR count). The van der Waals surface area contributed by atoms with E-state index in [1.165, 1.54) is 0 Å². The lowest BCUT2D eigenvalue weighted by Gasteiger charge is -2.37. The Morgan fingerprint density at radius 1 is 1.26 bits per heavy atom. The van der Waals surface area contributed by atoms with Gasteiger partial charge in [0.25, 0.3) is 0 Å². The summed E-state index contributed by atoms with van der Waals surface area (Å²) in [7, 11) is 0. The number of amides is 2. The van der Waals surface area contributed by atoms with Crippen LogP contribution in [0.1, 0.15) is 12.5 Å². The van der Waals surface area contributed by atoms with Gasteiger partial charge in [-0.3, -0.25) is 4.99 Å². The van der Waals surface area contributed by atoms with E-state index < -0.39 is 0 Å². The Morgan fingerprint density at radius 2 is 2.04 bits per heavy atom. The van der Waals surface area contributed by atoms with Gasteiger partial charge < -0.3 is 20.0 Å². The van der Waals surface area contributed by atoms with Gasteiger partial charge in [0.1, 0.15) is 11.7 Å². The van der Waals surface area contributed by atoms with E-state index in [2.05, 4.69) is 32.0 Å². The maximum atomic E-state index is 12.6. The zero-order chi connectivity index (χ0) is 19.0. The Bertz CT molecular complexity index is 841. The third-order valence-corrected chi connectivity index (χ3v) is 5.64. The summed E-state index contributed by atoms with van der Waals surface area (Å²) in [6.45, 7) is 7.62. The van der Waals surface area contributed by atoms with E-state index in [1.807, 2.05) is 42.4 Å². The molecule has 0 radical (unpaired) electrons. The van der Waals surface area contributed by atoms with Gasteiger partial charge in [-0.2, -0.15) is 0 Å². The minimum Gasteiger partial charge on any atom is -0.353 e. The molecule has 0 saturated carbocycles. The minimum atomic E-state index is -0.0960. The highest BCUT2D eigenvalue weighted by atomic mass is 35.5. The van der Waals surface area contributed by atoms with Crippen LogP contribution in [-0.2, 0) is 0 Å². The number of nitrogens with one attached hydrogen (secondary N) is 1. The van der Waals surface area contributed by atoms with Crippen molar-refractivity contribution in [1.29, 1.82) is 0 Å². The first-order valence-electron chi connectivity index (χ1n) is 9.17. The molecule has 0 bridgehead atoms. The zero-order valence-corrected chi connectivity index (χ0v) is 16.3. The number of aliphatic imine (C=N–C) groups is 2. The van der Waals surface area contributed by atoms with Crippen molar-refractivity contribution < 1.29 is 4.79 Å². The molecule has 8 heteroatoms. The Balaban J connectivity index is 1.35. The van der Waals surface area contributed by atoms with Crippen LogP contribution in [0.25, 0.3) is 0 Å². The number of carbonyl (C=O) groups excluding carboxylic acids is 1. The zero-order valence-electron chi connectivity index (χ0n) is 15.5. The lowest BCUT2D eigenvalue weighted by Crippen LogP contribution is -2.50. The summed E-state index contributed by atoms with van der Waals surface area (Å²) in [6.07, 6.45) is 3.90. The molecule has 3 aliphatic heterocycles. The van der Waals surface area contributed by atoms with Gasteiger partial charge in [-0.25, -0.2) is 9.79 Å². The number of anilines is 1. The van der Waals surface area contributed by atoms with Gasteiger partial charge in [0.05, 0.1) is 18.9 Å². The quantitative estimate of drug-likeness (QED) is 0.850. The highest BCUT2D eigenvalue weighted by Crippen LogP contribution is 2.24. The van der Waals surface area contributed by atoms with Crippen molar-refractivity contribution in [2.45, 2.75) is 19.9 Å². The first-order chi connectivity index (χ1) is 13.0. The Kier molecular flexibility index (Phi) is 4.78. The Morgan fingerprint density at radius 3 is 2.81 bits per heavy atom. The topological polar surface area (TPSA) is 63.5 Å². The number of carbonyl (C=O) groups is 1. The second-order valence-electron chi connectivity index (χ2n) is 7.02. The summed E-state index contributed by atoms with van der Waals surface area (Å²) in [5, 5.41) is 3.62. The predicted molar refractivity (Wildman–Crippen MR) is 109 cm³/mol. The SMILES string of the molecule is Cc1c(Cl)cccc1NC(=O)N1CCN(C2=CC3=NC[C@H](C)N3C=N2)CC1. The minimum absolute atomic E-state index is 0.0960. The summed E-state index contributed by atoms with van der Waals surface area (Å²) >= 11 is 6.13. The molecule has 0 aliphatic carbocycles. The van der Waals surface area contributed by atoms with Gasteiger partial charge in [0, 0.05) is 43.0 Å². The first kappa shape index (κ1) is 17.9. The standard InChI is InChI=1S/C19H23ClN6O/c1-13-11-21-18-10-17(22-12-26(13)18)24-6-8-25(9-7-24)19(27)23-16-5-3-4-15(20)14(16)2/h3-5,10,12-13H,6-9,11H2,1-2H3,(H,23,27)/t13-/m0/s1. The van der Waals surface area contributed by atoms with Crippen LogP contribution in [0.4, 0.5) is 10.5 Å². The number of amidine groups is 1. The molecule has 1 fully saturated rings. The highest BCUT2D eigenvalue weighted by molar-refractivity contribution is 6.31. The van der Waals surface area contributed by atoms with Crippen LogP contribution in [0.5, 0.6) is 0 Å². The summed E-state index contributed by atoms with van der Waals surface area (Å²) < 4.78 is 0. The van der Waals surface area contributed by atoms with E-state index in [-0.39, 0.29) is 6.03 Å². The molecule has 7 nitrogen and oxygen atoms in total. The molecule has 142 valence electrons. The van der Waals surface area contributed by atoms with Crippen molar-refractivity contribution in [3.05, 3.63) is 40.7 Å². The smallest absolute Gasteiger partial charge is 0.321 e. The molecular weight excluding hydrogens is 364 g/mol. The van der Waals surface area contributed by atoms with Crippen LogP contribution < -0.4 is 5.32 Å². The summed E-state index contributed by atoms with van der Waals surface area (Å²) in [6, 6.07) is 5.80. The van der Waals surface area contributed by atoms with Crippen molar-refractivity contribution in [2.24, 2.45) is 9.98 Å². The van der Waals surface area contributed by atoms with Gasteiger partial charge in [-0.1, -0.05) is 17.7 Å². The van der Waals surface area contributed by atoms with Crippen LogP contribution in [0.15, 0.2) is 40.1 Å². The predicted octanol–water partition coefficient (Wildman–Crippen LogP) is 2.78. The molecule has 3 heterocycles. The van der Waals surface area contributed by atoms with Crippen LogP contribution in [0.2, 0.25) is 5.02 Å².